The smallest absolute Gasteiger partial charge is 0.410 e. The van der Waals surface area contributed by atoms with Crippen molar-refractivity contribution in [2.24, 2.45) is 5.92 Å². The molecule has 39 heavy (non-hydrogen) atoms. The Labute approximate surface area is 228 Å². The topological polar surface area (TPSA) is 111 Å². The van der Waals surface area contributed by atoms with Gasteiger partial charge < -0.3 is 29.3 Å². The van der Waals surface area contributed by atoms with Gasteiger partial charge in [-0.2, -0.15) is 5.10 Å². The highest BCUT2D eigenvalue weighted by molar-refractivity contribution is 5.78. The highest BCUT2D eigenvalue weighted by atomic mass is 16.6. The molecule has 2 atom stereocenters. The van der Waals surface area contributed by atoms with Crippen molar-refractivity contribution in [3.05, 3.63) is 36.7 Å². The Kier molecular flexibility index (Phi) is 7.24. The molecule has 0 radical (unpaired) electrons. The predicted octanol–water partition coefficient (Wildman–Crippen LogP) is 3.37. The van der Waals surface area contributed by atoms with Crippen LogP contribution in [0.5, 0.6) is 11.6 Å². The number of amides is 2. The van der Waals surface area contributed by atoms with Crippen LogP contribution < -0.4 is 19.7 Å². The first-order valence-corrected chi connectivity index (χ1v) is 13.3. The summed E-state index contributed by atoms with van der Waals surface area (Å²) in [4.78, 5) is 32.9. The number of benzene rings is 1. The quantitative estimate of drug-likeness (QED) is 0.511. The first kappa shape index (κ1) is 26.6. The lowest BCUT2D eigenvalue weighted by atomic mass is 10.0. The van der Waals surface area contributed by atoms with Crippen molar-refractivity contribution in [3.8, 4) is 22.9 Å². The van der Waals surface area contributed by atoms with E-state index in [-0.39, 0.29) is 24.0 Å². The third-order valence-electron chi connectivity index (χ3n) is 7.07. The third-order valence-corrected chi connectivity index (χ3v) is 7.07. The van der Waals surface area contributed by atoms with Gasteiger partial charge in [0.2, 0.25) is 11.8 Å². The van der Waals surface area contributed by atoms with Crippen LogP contribution in [0.4, 0.5) is 10.5 Å². The van der Waals surface area contributed by atoms with E-state index in [1.54, 1.807) is 22.7 Å². The second kappa shape index (κ2) is 10.6. The fraction of sp³-hybridized carbons (Fsp3) is 0.500. The lowest BCUT2D eigenvalue weighted by molar-refractivity contribution is -0.119. The number of methoxy groups -OCH3 is 1. The van der Waals surface area contributed by atoms with E-state index < -0.39 is 5.60 Å². The fourth-order valence-electron chi connectivity index (χ4n) is 4.91. The van der Waals surface area contributed by atoms with Crippen molar-refractivity contribution in [2.45, 2.75) is 45.8 Å². The molecule has 3 aromatic rings. The molecule has 2 amide bonds. The van der Waals surface area contributed by atoms with Gasteiger partial charge in [-0.1, -0.05) is 6.07 Å². The maximum absolute atomic E-state index is 12.5. The molecular formula is C28H36N6O5. The third kappa shape index (κ3) is 5.86. The summed E-state index contributed by atoms with van der Waals surface area (Å²) in [7, 11) is 1.65. The standard InChI is InChI=1S/C28H36N6O5/c1-18(20-15-25(35)29-16-20)38-26-23-8-9-30-34(23)17-21(31-26)19-6-7-22(24(14-19)37-5)32-10-12-33(13-11-32)27(36)39-28(2,3)4/h6-9,14,17-18,20H,10-13,15-16H2,1-5H3,(H,29,35)/t18?,20-/m1/s1. The number of nitrogens with zero attached hydrogens (tertiary/aromatic N) is 5. The average Bonchev–Trinajstić information content (AvgIpc) is 3.56. The van der Waals surface area contributed by atoms with E-state index in [1.807, 2.05) is 58.2 Å². The maximum Gasteiger partial charge on any atom is 0.410 e. The zero-order valence-electron chi connectivity index (χ0n) is 23.1. The van der Waals surface area contributed by atoms with Crippen LogP contribution in [-0.2, 0) is 9.53 Å². The van der Waals surface area contributed by atoms with Crippen LogP contribution in [0.1, 0.15) is 34.1 Å². The number of ether oxygens (including phenoxy) is 3. The summed E-state index contributed by atoms with van der Waals surface area (Å²) in [5, 5.41) is 7.27. The summed E-state index contributed by atoms with van der Waals surface area (Å²) < 4.78 is 19.3. The molecule has 11 nitrogen and oxygen atoms in total. The summed E-state index contributed by atoms with van der Waals surface area (Å²) in [6.07, 6.45) is 3.54. The lowest BCUT2D eigenvalue weighted by Gasteiger charge is -2.37. The Morgan fingerprint density at radius 3 is 2.59 bits per heavy atom. The van der Waals surface area contributed by atoms with Gasteiger partial charge in [0.05, 0.1) is 30.9 Å². The van der Waals surface area contributed by atoms with Crippen molar-refractivity contribution in [1.29, 1.82) is 0 Å². The van der Waals surface area contributed by atoms with E-state index >= 15 is 0 Å². The zero-order chi connectivity index (χ0) is 27.7. The number of hydrogen-bond donors (Lipinski definition) is 1. The summed E-state index contributed by atoms with van der Waals surface area (Å²) in [5.74, 6) is 1.32. The summed E-state index contributed by atoms with van der Waals surface area (Å²) in [6.45, 7) is 10.7. The molecule has 1 aromatic carbocycles. The molecule has 0 bridgehead atoms. The molecule has 0 saturated carbocycles. The van der Waals surface area contributed by atoms with Gasteiger partial charge in [0.25, 0.3) is 0 Å². The summed E-state index contributed by atoms with van der Waals surface area (Å²) >= 11 is 0. The fourth-order valence-corrected chi connectivity index (χ4v) is 4.91. The van der Waals surface area contributed by atoms with Gasteiger partial charge in [0.15, 0.2) is 0 Å². The van der Waals surface area contributed by atoms with Gasteiger partial charge in [0.1, 0.15) is 23.0 Å². The molecule has 0 spiro atoms. The molecule has 2 aliphatic rings. The lowest BCUT2D eigenvalue weighted by Crippen LogP contribution is -2.50. The minimum absolute atomic E-state index is 0.0464. The Balaban J connectivity index is 1.34. The Morgan fingerprint density at radius 2 is 1.92 bits per heavy atom. The highest BCUT2D eigenvalue weighted by Crippen LogP contribution is 2.35. The van der Waals surface area contributed by atoms with E-state index in [1.165, 1.54) is 0 Å². The predicted molar refractivity (Wildman–Crippen MR) is 146 cm³/mol. The van der Waals surface area contributed by atoms with E-state index in [9.17, 15) is 9.59 Å². The summed E-state index contributed by atoms with van der Waals surface area (Å²) in [6, 6.07) is 7.84. The number of aromatic nitrogens is 3. The van der Waals surface area contributed by atoms with E-state index in [0.29, 0.717) is 56.5 Å². The second-order valence-corrected chi connectivity index (χ2v) is 11.0. The Morgan fingerprint density at radius 1 is 1.15 bits per heavy atom. The normalized spacial score (nSPS) is 18.7. The minimum atomic E-state index is -0.518. The number of hydrogen-bond acceptors (Lipinski definition) is 8. The van der Waals surface area contributed by atoms with Gasteiger partial charge in [0, 0.05) is 50.6 Å². The van der Waals surface area contributed by atoms with Crippen molar-refractivity contribution in [3.63, 3.8) is 0 Å². The van der Waals surface area contributed by atoms with Crippen molar-refractivity contribution in [2.75, 3.05) is 44.7 Å². The van der Waals surface area contributed by atoms with Gasteiger partial charge in [-0.15, -0.1) is 0 Å². The number of anilines is 1. The molecule has 2 fully saturated rings. The Bertz CT molecular complexity index is 1360. The highest BCUT2D eigenvalue weighted by Gasteiger charge is 2.29. The molecule has 208 valence electrons. The Hall–Kier alpha value is -4.02. The SMILES string of the molecule is COc1cc(-c2cn3nccc3c(OC(C)[C@H]3CNC(=O)C3)n2)ccc1N1CCN(C(=O)OC(C)(C)C)CC1. The monoisotopic (exact) mass is 536 g/mol. The maximum atomic E-state index is 12.5. The van der Waals surface area contributed by atoms with Crippen molar-refractivity contribution in [1.82, 2.24) is 24.8 Å². The van der Waals surface area contributed by atoms with Crippen LogP contribution in [-0.4, -0.2) is 83.0 Å². The number of carbonyl (C=O) groups excluding carboxylic acids is 2. The van der Waals surface area contributed by atoms with Gasteiger partial charge in [-0.3, -0.25) is 4.79 Å². The van der Waals surface area contributed by atoms with Crippen LogP contribution in [0, 0.1) is 5.92 Å². The van der Waals surface area contributed by atoms with Crippen molar-refractivity contribution < 1.29 is 23.8 Å². The number of piperazine rings is 1. The number of rotatable bonds is 6. The molecule has 4 heterocycles. The second-order valence-electron chi connectivity index (χ2n) is 11.0. The van der Waals surface area contributed by atoms with Crippen LogP contribution in [0.2, 0.25) is 0 Å². The molecule has 1 unspecified atom stereocenters. The molecule has 2 aromatic heterocycles. The van der Waals surface area contributed by atoms with Crippen molar-refractivity contribution >= 4 is 23.2 Å². The molecule has 1 N–H and O–H groups in total. The largest absolute Gasteiger partial charge is 0.495 e. The van der Waals surface area contributed by atoms with E-state index in [4.69, 9.17) is 19.2 Å². The minimum Gasteiger partial charge on any atom is -0.495 e. The molecule has 5 rings (SSSR count). The number of fused-ring (bicyclic) bond motifs is 1. The average molecular weight is 537 g/mol. The van der Waals surface area contributed by atoms with Crippen LogP contribution in [0.3, 0.4) is 0 Å². The van der Waals surface area contributed by atoms with Crippen LogP contribution >= 0.6 is 0 Å². The zero-order valence-corrected chi connectivity index (χ0v) is 23.1. The molecular weight excluding hydrogens is 500 g/mol. The first-order valence-electron chi connectivity index (χ1n) is 13.3. The van der Waals surface area contributed by atoms with E-state index in [0.717, 1.165) is 16.8 Å². The van der Waals surface area contributed by atoms with Gasteiger partial charge in [-0.25, -0.2) is 14.3 Å². The van der Waals surface area contributed by atoms with Crippen LogP contribution in [0.25, 0.3) is 16.8 Å². The van der Waals surface area contributed by atoms with Gasteiger partial charge in [-0.05, 0) is 45.9 Å². The summed E-state index contributed by atoms with van der Waals surface area (Å²) in [5.41, 5.74) is 2.74. The molecule has 2 aliphatic heterocycles. The van der Waals surface area contributed by atoms with Gasteiger partial charge >= 0.3 is 6.09 Å². The van der Waals surface area contributed by atoms with E-state index in [2.05, 4.69) is 15.3 Å². The number of carbonyl (C=O) groups is 2. The molecule has 11 heteroatoms. The molecule has 0 aliphatic carbocycles. The molecule has 2 saturated heterocycles. The number of nitrogens with one attached hydrogen (secondary N) is 1. The van der Waals surface area contributed by atoms with Crippen LogP contribution in [0.15, 0.2) is 36.7 Å². The first-order chi connectivity index (χ1) is 18.6.